The van der Waals surface area contributed by atoms with Crippen LogP contribution in [0.2, 0.25) is 0 Å². The summed E-state index contributed by atoms with van der Waals surface area (Å²) < 4.78 is 0. The van der Waals surface area contributed by atoms with Crippen LogP contribution >= 0.6 is 0 Å². The fourth-order valence-electron chi connectivity index (χ4n) is 2.51. The SMILES string of the molecule is CC(C)N=C1CCCCCCCCCCC1. The molecule has 0 spiro atoms. The van der Waals surface area contributed by atoms with E-state index in [0.717, 1.165) is 0 Å². The minimum absolute atomic E-state index is 0.489. The molecule has 16 heavy (non-hydrogen) atoms. The van der Waals surface area contributed by atoms with E-state index in [-0.39, 0.29) is 0 Å². The Morgan fingerprint density at radius 3 is 1.44 bits per heavy atom. The van der Waals surface area contributed by atoms with E-state index in [1.54, 1.807) is 0 Å². The average molecular weight is 223 g/mol. The lowest BCUT2D eigenvalue weighted by Gasteiger charge is -2.10. The minimum Gasteiger partial charge on any atom is -0.291 e. The molecule has 0 saturated heterocycles. The second-order valence-electron chi connectivity index (χ2n) is 5.47. The Bertz CT molecular complexity index is 180. The molecule has 0 aromatic carbocycles. The highest BCUT2D eigenvalue weighted by molar-refractivity contribution is 5.84. The first-order chi connectivity index (χ1) is 7.79. The maximum Gasteiger partial charge on any atom is 0.0442 e. The second-order valence-corrected chi connectivity index (χ2v) is 5.47. The van der Waals surface area contributed by atoms with Gasteiger partial charge in [0.25, 0.3) is 0 Å². The Kier molecular flexibility index (Phi) is 7.54. The Hall–Kier alpha value is -0.330. The van der Waals surface area contributed by atoms with Crippen LogP contribution in [0.5, 0.6) is 0 Å². The Morgan fingerprint density at radius 1 is 0.688 bits per heavy atom. The number of rotatable bonds is 1. The summed E-state index contributed by atoms with van der Waals surface area (Å²) in [7, 11) is 0. The summed E-state index contributed by atoms with van der Waals surface area (Å²) in [5, 5.41) is 0. The van der Waals surface area contributed by atoms with E-state index in [2.05, 4.69) is 13.8 Å². The molecule has 0 aromatic heterocycles. The van der Waals surface area contributed by atoms with Crippen LogP contribution in [0.25, 0.3) is 0 Å². The molecule has 0 N–H and O–H groups in total. The lowest BCUT2D eigenvalue weighted by molar-refractivity contribution is 0.555. The molecular formula is C15H29N. The van der Waals surface area contributed by atoms with Crippen LogP contribution in [0, 0.1) is 0 Å². The van der Waals surface area contributed by atoms with Crippen LogP contribution in [0.15, 0.2) is 4.99 Å². The van der Waals surface area contributed by atoms with Crippen molar-refractivity contribution < 1.29 is 0 Å². The third-order valence-electron chi connectivity index (χ3n) is 3.37. The van der Waals surface area contributed by atoms with Crippen molar-refractivity contribution in [3.63, 3.8) is 0 Å². The Morgan fingerprint density at radius 2 is 1.06 bits per heavy atom. The smallest absolute Gasteiger partial charge is 0.0442 e. The van der Waals surface area contributed by atoms with Gasteiger partial charge in [0.15, 0.2) is 0 Å². The minimum atomic E-state index is 0.489. The maximum absolute atomic E-state index is 4.78. The second kappa shape index (κ2) is 8.78. The summed E-state index contributed by atoms with van der Waals surface area (Å²) >= 11 is 0. The highest BCUT2D eigenvalue weighted by Crippen LogP contribution is 2.15. The van der Waals surface area contributed by atoms with Gasteiger partial charge in [-0.3, -0.25) is 4.99 Å². The van der Waals surface area contributed by atoms with Crippen LogP contribution < -0.4 is 0 Å². The molecule has 0 amide bonds. The van der Waals surface area contributed by atoms with Crippen molar-refractivity contribution in [1.29, 1.82) is 0 Å². The first kappa shape index (κ1) is 13.7. The van der Waals surface area contributed by atoms with Gasteiger partial charge < -0.3 is 0 Å². The van der Waals surface area contributed by atoms with Crippen molar-refractivity contribution in [3.05, 3.63) is 0 Å². The van der Waals surface area contributed by atoms with Gasteiger partial charge in [-0.05, 0) is 39.5 Å². The fourth-order valence-corrected chi connectivity index (χ4v) is 2.51. The molecule has 0 heterocycles. The van der Waals surface area contributed by atoms with Crippen molar-refractivity contribution in [2.45, 2.75) is 90.5 Å². The molecule has 1 rings (SSSR count). The monoisotopic (exact) mass is 223 g/mol. The van der Waals surface area contributed by atoms with Crippen LogP contribution in [-0.4, -0.2) is 11.8 Å². The van der Waals surface area contributed by atoms with Gasteiger partial charge >= 0.3 is 0 Å². The zero-order valence-corrected chi connectivity index (χ0v) is 11.3. The predicted molar refractivity (Wildman–Crippen MR) is 73.4 cm³/mol. The summed E-state index contributed by atoms with van der Waals surface area (Å²) in [5.41, 5.74) is 1.50. The predicted octanol–water partition coefficient (Wildman–Crippen LogP) is 5.14. The molecule has 0 aliphatic heterocycles. The first-order valence-corrected chi connectivity index (χ1v) is 7.34. The van der Waals surface area contributed by atoms with Crippen LogP contribution in [0.4, 0.5) is 0 Å². The third-order valence-corrected chi connectivity index (χ3v) is 3.37. The molecule has 0 atom stereocenters. The third kappa shape index (κ3) is 7.03. The van der Waals surface area contributed by atoms with Gasteiger partial charge in [0.1, 0.15) is 0 Å². The highest BCUT2D eigenvalue weighted by Gasteiger charge is 2.03. The normalized spacial score (nSPS) is 21.3. The van der Waals surface area contributed by atoms with E-state index in [9.17, 15) is 0 Å². The van der Waals surface area contributed by atoms with Gasteiger partial charge in [-0.15, -0.1) is 0 Å². The molecule has 0 radical (unpaired) electrons. The van der Waals surface area contributed by atoms with Crippen molar-refractivity contribution >= 4 is 5.71 Å². The van der Waals surface area contributed by atoms with Gasteiger partial charge in [0.2, 0.25) is 0 Å². The van der Waals surface area contributed by atoms with Gasteiger partial charge in [-0.1, -0.05) is 44.9 Å². The molecule has 1 fully saturated rings. The topological polar surface area (TPSA) is 12.4 Å². The van der Waals surface area contributed by atoms with Crippen molar-refractivity contribution in [1.82, 2.24) is 0 Å². The highest BCUT2D eigenvalue weighted by atomic mass is 14.8. The molecular weight excluding hydrogens is 194 g/mol. The molecule has 0 unspecified atom stereocenters. The number of aliphatic imine (C=N–C) groups is 1. The summed E-state index contributed by atoms with van der Waals surface area (Å²) in [6.07, 6.45) is 15.3. The van der Waals surface area contributed by atoms with Crippen molar-refractivity contribution in [2.75, 3.05) is 0 Å². The van der Waals surface area contributed by atoms with E-state index in [4.69, 9.17) is 4.99 Å². The molecule has 1 aliphatic rings. The van der Waals surface area contributed by atoms with Gasteiger partial charge in [-0.25, -0.2) is 0 Å². The molecule has 94 valence electrons. The van der Waals surface area contributed by atoms with Crippen LogP contribution in [0.3, 0.4) is 0 Å². The quantitative estimate of drug-likeness (QED) is 0.583. The summed E-state index contributed by atoms with van der Waals surface area (Å²) in [6, 6.07) is 0.489. The zero-order valence-electron chi connectivity index (χ0n) is 11.3. The van der Waals surface area contributed by atoms with Gasteiger partial charge in [0, 0.05) is 11.8 Å². The average Bonchev–Trinajstić information content (AvgIpc) is 2.21. The van der Waals surface area contributed by atoms with E-state index < -0.39 is 0 Å². The van der Waals surface area contributed by atoms with Crippen LogP contribution in [-0.2, 0) is 0 Å². The largest absolute Gasteiger partial charge is 0.291 e. The first-order valence-electron chi connectivity index (χ1n) is 7.34. The van der Waals surface area contributed by atoms with E-state index in [0.29, 0.717) is 6.04 Å². The lowest BCUT2D eigenvalue weighted by atomic mass is 10.00. The molecule has 1 nitrogen and oxygen atoms in total. The standard InChI is InChI=1S/C15H29N/c1-14(2)16-15-12-10-8-6-4-3-5-7-9-11-13-15/h14H,3-13H2,1-2H3. The lowest BCUT2D eigenvalue weighted by Crippen LogP contribution is -2.04. The van der Waals surface area contributed by atoms with E-state index in [1.165, 1.54) is 76.3 Å². The molecule has 0 bridgehead atoms. The summed E-state index contributed by atoms with van der Waals surface area (Å²) in [6.45, 7) is 4.40. The van der Waals surface area contributed by atoms with Crippen LogP contribution in [0.1, 0.15) is 84.5 Å². The van der Waals surface area contributed by atoms with E-state index >= 15 is 0 Å². The number of hydrogen-bond acceptors (Lipinski definition) is 1. The molecule has 0 aromatic rings. The van der Waals surface area contributed by atoms with Crippen molar-refractivity contribution in [3.8, 4) is 0 Å². The summed E-state index contributed by atoms with van der Waals surface area (Å²) in [5.74, 6) is 0. The van der Waals surface area contributed by atoms with Gasteiger partial charge in [-0.2, -0.15) is 0 Å². The van der Waals surface area contributed by atoms with E-state index in [1.807, 2.05) is 0 Å². The Balaban J connectivity index is 2.36. The molecule has 1 heteroatoms. The molecule has 1 saturated carbocycles. The number of nitrogens with zero attached hydrogens (tertiary/aromatic N) is 1. The fraction of sp³-hybridized carbons (Fsp3) is 0.933. The summed E-state index contributed by atoms with van der Waals surface area (Å²) in [4.78, 5) is 4.78. The van der Waals surface area contributed by atoms with Crippen molar-refractivity contribution in [2.24, 2.45) is 4.99 Å². The maximum atomic E-state index is 4.78. The number of hydrogen-bond donors (Lipinski definition) is 0. The zero-order chi connectivity index (χ0) is 11.6. The molecule has 1 aliphatic carbocycles. The van der Waals surface area contributed by atoms with Gasteiger partial charge in [0.05, 0.1) is 0 Å². The Labute approximate surface area is 102 Å².